The summed E-state index contributed by atoms with van der Waals surface area (Å²) in [7, 11) is 0. The molecule has 0 amide bonds. The highest BCUT2D eigenvalue weighted by atomic mass is 19.2. The molecule has 0 heterocycles. The molecule has 0 aromatic heterocycles. The maximum atomic E-state index is 14.0. The Morgan fingerprint density at radius 3 is 1.90 bits per heavy atom. The monoisotopic (exact) mass is 278 g/mol. The lowest BCUT2D eigenvalue weighted by Crippen LogP contribution is -2.02. The van der Waals surface area contributed by atoms with Crippen LogP contribution in [0, 0.1) is 31.3 Å². The molecule has 0 spiro atoms. The van der Waals surface area contributed by atoms with Gasteiger partial charge in [-0.15, -0.1) is 0 Å². The Morgan fingerprint density at radius 2 is 1.40 bits per heavy atom. The van der Waals surface area contributed by atoms with Gasteiger partial charge in [0, 0.05) is 16.7 Å². The van der Waals surface area contributed by atoms with Crippen LogP contribution in [0.5, 0.6) is 0 Å². The van der Waals surface area contributed by atoms with Gasteiger partial charge in [-0.25, -0.2) is 13.2 Å². The number of Topliss-reactive ketones (excluding diaryl/α,β-unsaturated/α-hetero) is 1. The number of halogens is 3. The van der Waals surface area contributed by atoms with Crippen molar-refractivity contribution in [3.63, 3.8) is 0 Å². The van der Waals surface area contributed by atoms with Crippen LogP contribution in [-0.2, 0) is 0 Å². The summed E-state index contributed by atoms with van der Waals surface area (Å²) in [5, 5.41) is 0. The third kappa shape index (κ3) is 2.22. The van der Waals surface area contributed by atoms with Crippen molar-refractivity contribution in [3.05, 3.63) is 58.4 Å². The molecule has 4 heteroatoms. The summed E-state index contributed by atoms with van der Waals surface area (Å²) in [6, 6.07) is 5.98. The summed E-state index contributed by atoms with van der Waals surface area (Å²) in [6.45, 7) is 4.01. The zero-order valence-corrected chi connectivity index (χ0v) is 11.4. The summed E-state index contributed by atoms with van der Waals surface area (Å²) in [5.41, 5.74) is 0.407. The topological polar surface area (TPSA) is 17.1 Å². The van der Waals surface area contributed by atoms with E-state index in [1.807, 2.05) is 0 Å². The molecule has 104 valence electrons. The Balaban J connectivity index is 2.67. The highest BCUT2D eigenvalue weighted by Gasteiger charge is 2.21. The summed E-state index contributed by atoms with van der Waals surface area (Å²) < 4.78 is 41.6. The van der Waals surface area contributed by atoms with Gasteiger partial charge in [0.2, 0.25) is 0 Å². The second-order valence-electron chi connectivity index (χ2n) is 4.70. The molecule has 0 bridgehead atoms. The van der Waals surface area contributed by atoms with Gasteiger partial charge < -0.3 is 0 Å². The van der Waals surface area contributed by atoms with Crippen LogP contribution in [0.15, 0.2) is 24.3 Å². The molecule has 0 aliphatic carbocycles. The van der Waals surface area contributed by atoms with Gasteiger partial charge in [0.1, 0.15) is 5.82 Å². The van der Waals surface area contributed by atoms with Crippen LogP contribution in [0.4, 0.5) is 13.2 Å². The summed E-state index contributed by atoms with van der Waals surface area (Å²) in [4.78, 5) is 11.2. The number of benzene rings is 2. The van der Waals surface area contributed by atoms with Gasteiger partial charge in [-0.2, -0.15) is 0 Å². The van der Waals surface area contributed by atoms with E-state index in [2.05, 4.69) is 0 Å². The third-order valence-corrected chi connectivity index (χ3v) is 3.36. The fourth-order valence-corrected chi connectivity index (χ4v) is 2.14. The van der Waals surface area contributed by atoms with Gasteiger partial charge in [-0.3, -0.25) is 4.79 Å². The first-order valence-corrected chi connectivity index (χ1v) is 6.09. The average molecular weight is 278 g/mol. The first-order valence-electron chi connectivity index (χ1n) is 6.09. The van der Waals surface area contributed by atoms with Crippen LogP contribution in [0.25, 0.3) is 11.1 Å². The molecule has 0 unspecified atom stereocenters. The van der Waals surface area contributed by atoms with E-state index in [0.29, 0.717) is 11.1 Å². The summed E-state index contributed by atoms with van der Waals surface area (Å²) in [5.74, 6) is -3.14. The van der Waals surface area contributed by atoms with Crippen molar-refractivity contribution in [1.29, 1.82) is 0 Å². The predicted molar refractivity (Wildman–Crippen MR) is 71.2 cm³/mol. The Hall–Kier alpha value is -2.10. The maximum Gasteiger partial charge on any atom is 0.167 e. The van der Waals surface area contributed by atoms with Crippen molar-refractivity contribution < 1.29 is 18.0 Å². The first-order chi connectivity index (χ1) is 9.34. The van der Waals surface area contributed by atoms with E-state index < -0.39 is 17.5 Å². The fraction of sp³-hybridized carbons (Fsp3) is 0.188. The fourth-order valence-electron chi connectivity index (χ4n) is 2.14. The first kappa shape index (κ1) is 14.3. The highest BCUT2D eigenvalue weighted by molar-refractivity contribution is 5.94. The molecule has 0 aliphatic heterocycles. The minimum atomic E-state index is -1.18. The van der Waals surface area contributed by atoms with E-state index in [4.69, 9.17) is 0 Å². The zero-order chi connectivity index (χ0) is 15.0. The molecule has 0 N–H and O–H groups in total. The summed E-state index contributed by atoms with van der Waals surface area (Å²) in [6.07, 6.45) is 0. The number of hydrogen-bond acceptors (Lipinski definition) is 1. The van der Waals surface area contributed by atoms with Gasteiger partial charge in [0.15, 0.2) is 17.4 Å². The predicted octanol–water partition coefficient (Wildman–Crippen LogP) is 4.59. The van der Waals surface area contributed by atoms with E-state index >= 15 is 0 Å². The molecule has 20 heavy (non-hydrogen) atoms. The van der Waals surface area contributed by atoms with E-state index in [1.54, 1.807) is 0 Å². The minimum absolute atomic E-state index is 0.0528. The zero-order valence-electron chi connectivity index (χ0n) is 11.4. The molecule has 0 saturated carbocycles. The largest absolute Gasteiger partial charge is 0.295 e. The molecular formula is C16H13F3O. The van der Waals surface area contributed by atoms with Crippen molar-refractivity contribution in [3.8, 4) is 11.1 Å². The second-order valence-corrected chi connectivity index (χ2v) is 4.70. The molecular weight excluding hydrogens is 265 g/mol. The number of hydrogen-bond donors (Lipinski definition) is 0. The van der Waals surface area contributed by atoms with Crippen LogP contribution in [0.2, 0.25) is 0 Å². The second kappa shape index (κ2) is 5.12. The number of ketones is 1. The summed E-state index contributed by atoms with van der Waals surface area (Å²) >= 11 is 0. The van der Waals surface area contributed by atoms with Gasteiger partial charge in [-0.1, -0.05) is 24.3 Å². The molecule has 2 aromatic rings. The van der Waals surface area contributed by atoms with E-state index in [0.717, 1.165) is 0 Å². The maximum absolute atomic E-state index is 14.0. The van der Waals surface area contributed by atoms with Crippen LogP contribution < -0.4 is 0 Å². The Labute approximate surface area is 115 Å². The molecule has 0 radical (unpaired) electrons. The third-order valence-electron chi connectivity index (χ3n) is 3.36. The lowest BCUT2D eigenvalue weighted by molar-refractivity contribution is 0.101. The SMILES string of the molecule is CC(=O)c1ccc(-c2c(C)c(F)c(C)c(F)c2F)cc1. The van der Waals surface area contributed by atoms with E-state index in [9.17, 15) is 18.0 Å². The van der Waals surface area contributed by atoms with Crippen molar-refractivity contribution in [2.24, 2.45) is 0 Å². The molecule has 0 fully saturated rings. The van der Waals surface area contributed by atoms with Gasteiger partial charge >= 0.3 is 0 Å². The number of carbonyl (C=O) groups is 1. The van der Waals surface area contributed by atoms with Crippen LogP contribution in [0.1, 0.15) is 28.4 Å². The molecule has 2 rings (SSSR count). The molecule has 0 atom stereocenters. The van der Waals surface area contributed by atoms with E-state index in [-0.39, 0.29) is 22.5 Å². The lowest BCUT2D eigenvalue weighted by atomic mass is 9.95. The van der Waals surface area contributed by atoms with Gasteiger partial charge in [0.05, 0.1) is 0 Å². The normalized spacial score (nSPS) is 10.7. The van der Waals surface area contributed by atoms with Crippen LogP contribution in [0.3, 0.4) is 0 Å². The minimum Gasteiger partial charge on any atom is -0.295 e. The van der Waals surface area contributed by atoms with Crippen molar-refractivity contribution in [2.45, 2.75) is 20.8 Å². The quantitative estimate of drug-likeness (QED) is 0.580. The number of rotatable bonds is 2. The van der Waals surface area contributed by atoms with E-state index in [1.165, 1.54) is 45.0 Å². The molecule has 0 aliphatic rings. The van der Waals surface area contributed by atoms with Crippen molar-refractivity contribution >= 4 is 5.78 Å². The van der Waals surface area contributed by atoms with Gasteiger partial charge in [-0.05, 0) is 31.9 Å². The van der Waals surface area contributed by atoms with Crippen LogP contribution >= 0.6 is 0 Å². The Bertz CT molecular complexity index is 659. The highest BCUT2D eigenvalue weighted by Crippen LogP contribution is 2.32. The smallest absolute Gasteiger partial charge is 0.167 e. The molecule has 0 saturated heterocycles. The van der Waals surface area contributed by atoms with Crippen molar-refractivity contribution in [2.75, 3.05) is 0 Å². The standard InChI is InChI=1S/C16H13F3O/c1-8-13(16(19)15(18)9(2)14(8)17)12-6-4-11(5-7-12)10(3)20/h4-7H,1-3H3. The Morgan fingerprint density at radius 1 is 0.850 bits per heavy atom. The number of carbonyl (C=O) groups excluding carboxylic acids is 1. The Kier molecular flexibility index (Phi) is 3.66. The average Bonchev–Trinajstić information content (AvgIpc) is 2.44. The molecule has 1 nitrogen and oxygen atoms in total. The van der Waals surface area contributed by atoms with Crippen molar-refractivity contribution in [1.82, 2.24) is 0 Å². The van der Waals surface area contributed by atoms with Crippen LogP contribution in [-0.4, -0.2) is 5.78 Å². The lowest BCUT2D eigenvalue weighted by Gasteiger charge is -2.12. The van der Waals surface area contributed by atoms with Gasteiger partial charge in [0.25, 0.3) is 0 Å². The molecule has 2 aromatic carbocycles.